The van der Waals surface area contributed by atoms with Crippen molar-refractivity contribution in [3.8, 4) is 0 Å². The van der Waals surface area contributed by atoms with E-state index in [4.69, 9.17) is 5.73 Å². The van der Waals surface area contributed by atoms with E-state index in [1.807, 2.05) is 19.2 Å². The Balaban J connectivity index is 2.57. The van der Waals surface area contributed by atoms with Crippen molar-refractivity contribution in [1.82, 2.24) is 0 Å². The average molecular weight is 270 g/mol. The van der Waals surface area contributed by atoms with E-state index in [1.54, 1.807) is 12.1 Å². The van der Waals surface area contributed by atoms with Crippen LogP contribution in [0.2, 0.25) is 0 Å². The predicted octanol–water partition coefficient (Wildman–Crippen LogP) is 1.66. The smallest absolute Gasteiger partial charge is 0.175 e. The Kier molecular flexibility index (Phi) is 5.62. The normalized spacial score (nSPS) is 11.5. The number of nitrogens with zero attached hydrogens (tertiary/aromatic N) is 1. The number of rotatable bonds is 7. The maximum absolute atomic E-state index is 11.3. The van der Waals surface area contributed by atoms with Crippen molar-refractivity contribution >= 4 is 15.5 Å². The summed E-state index contributed by atoms with van der Waals surface area (Å²) in [6.07, 6.45) is 4.50. The van der Waals surface area contributed by atoms with Crippen molar-refractivity contribution in [2.45, 2.75) is 24.2 Å². The molecule has 0 atom stereocenters. The maximum atomic E-state index is 11.3. The van der Waals surface area contributed by atoms with E-state index >= 15 is 0 Å². The van der Waals surface area contributed by atoms with Crippen LogP contribution in [0.5, 0.6) is 0 Å². The Hall–Kier alpha value is -1.07. The summed E-state index contributed by atoms with van der Waals surface area (Å²) >= 11 is 0. The van der Waals surface area contributed by atoms with Gasteiger partial charge < -0.3 is 10.6 Å². The second-order valence-corrected chi connectivity index (χ2v) is 6.55. The van der Waals surface area contributed by atoms with Crippen LogP contribution in [0.4, 0.5) is 5.69 Å². The highest BCUT2D eigenvalue weighted by atomic mass is 32.2. The number of sulfone groups is 1. The summed E-state index contributed by atoms with van der Waals surface area (Å²) in [5, 5.41) is 0. The number of unbranched alkanes of at least 4 members (excludes halogenated alkanes) is 2. The maximum Gasteiger partial charge on any atom is 0.175 e. The second-order valence-electron chi connectivity index (χ2n) is 4.54. The van der Waals surface area contributed by atoms with Gasteiger partial charge in [0.05, 0.1) is 4.90 Å². The van der Waals surface area contributed by atoms with Crippen LogP contribution in [-0.2, 0) is 9.84 Å². The first-order chi connectivity index (χ1) is 8.45. The van der Waals surface area contributed by atoms with E-state index < -0.39 is 9.84 Å². The van der Waals surface area contributed by atoms with Crippen LogP contribution in [0.15, 0.2) is 29.2 Å². The van der Waals surface area contributed by atoms with Crippen molar-refractivity contribution < 1.29 is 8.42 Å². The number of anilines is 1. The first-order valence-corrected chi connectivity index (χ1v) is 8.05. The van der Waals surface area contributed by atoms with Gasteiger partial charge in [-0.25, -0.2) is 8.42 Å². The first-order valence-electron chi connectivity index (χ1n) is 6.16. The third-order valence-electron chi connectivity index (χ3n) is 2.90. The molecule has 0 radical (unpaired) electrons. The minimum absolute atomic E-state index is 0.364. The van der Waals surface area contributed by atoms with Gasteiger partial charge in [-0.3, -0.25) is 0 Å². The molecular weight excluding hydrogens is 248 g/mol. The highest BCUT2D eigenvalue weighted by molar-refractivity contribution is 7.90. The summed E-state index contributed by atoms with van der Waals surface area (Å²) in [6.45, 7) is 1.70. The van der Waals surface area contributed by atoms with Gasteiger partial charge in [0.15, 0.2) is 9.84 Å². The summed E-state index contributed by atoms with van der Waals surface area (Å²) in [7, 11) is -1.09. The van der Waals surface area contributed by atoms with Crippen molar-refractivity contribution in [1.29, 1.82) is 0 Å². The standard InChI is InChI=1S/C13H22N2O2S/c1-15(11-5-3-4-10-14)12-6-8-13(9-7-12)18(2,16)17/h6-9H,3-5,10-11,14H2,1-2H3. The highest BCUT2D eigenvalue weighted by Gasteiger charge is 2.07. The fraction of sp³-hybridized carbons (Fsp3) is 0.538. The molecular formula is C13H22N2O2S. The Morgan fingerprint density at radius 3 is 2.22 bits per heavy atom. The lowest BCUT2D eigenvalue weighted by Gasteiger charge is -2.19. The first kappa shape index (κ1) is 15.0. The lowest BCUT2D eigenvalue weighted by atomic mass is 10.2. The summed E-state index contributed by atoms with van der Waals surface area (Å²) in [6, 6.07) is 7.00. The summed E-state index contributed by atoms with van der Waals surface area (Å²) in [5.41, 5.74) is 6.48. The fourth-order valence-corrected chi connectivity index (χ4v) is 2.38. The quantitative estimate of drug-likeness (QED) is 0.765. The SMILES string of the molecule is CN(CCCCCN)c1ccc(S(C)(=O)=O)cc1. The van der Waals surface area contributed by atoms with Gasteiger partial charge in [0.2, 0.25) is 0 Å². The molecule has 0 aliphatic carbocycles. The van der Waals surface area contributed by atoms with E-state index in [9.17, 15) is 8.42 Å². The topological polar surface area (TPSA) is 63.4 Å². The van der Waals surface area contributed by atoms with E-state index in [0.29, 0.717) is 4.90 Å². The minimum atomic E-state index is -3.10. The zero-order valence-electron chi connectivity index (χ0n) is 11.1. The van der Waals surface area contributed by atoms with Crippen molar-refractivity contribution in [2.24, 2.45) is 5.73 Å². The molecule has 0 spiro atoms. The Labute approximate surface area is 110 Å². The lowest BCUT2D eigenvalue weighted by molar-refractivity contribution is 0.602. The number of hydrogen-bond donors (Lipinski definition) is 1. The number of benzene rings is 1. The number of hydrogen-bond acceptors (Lipinski definition) is 4. The third-order valence-corrected chi connectivity index (χ3v) is 4.03. The molecule has 0 fully saturated rings. The van der Waals surface area contributed by atoms with Crippen LogP contribution in [0, 0.1) is 0 Å². The molecule has 0 aliphatic heterocycles. The molecule has 102 valence electrons. The summed E-state index contributed by atoms with van der Waals surface area (Å²) in [5.74, 6) is 0. The van der Waals surface area contributed by atoms with Crippen molar-refractivity contribution in [3.05, 3.63) is 24.3 Å². The minimum Gasteiger partial charge on any atom is -0.375 e. The fourth-order valence-electron chi connectivity index (χ4n) is 1.75. The molecule has 0 amide bonds. The molecule has 1 aromatic rings. The van der Waals surface area contributed by atoms with Gasteiger partial charge in [0.1, 0.15) is 0 Å². The van der Waals surface area contributed by atoms with Crippen molar-refractivity contribution in [2.75, 3.05) is 31.3 Å². The van der Waals surface area contributed by atoms with Crippen LogP contribution in [0.3, 0.4) is 0 Å². The highest BCUT2D eigenvalue weighted by Crippen LogP contribution is 2.17. The zero-order chi connectivity index (χ0) is 13.6. The van der Waals surface area contributed by atoms with Gasteiger partial charge in [0, 0.05) is 25.5 Å². The van der Waals surface area contributed by atoms with Gasteiger partial charge in [-0.1, -0.05) is 6.42 Å². The predicted molar refractivity (Wildman–Crippen MR) is 75.7 cm³/mol. The molecule has 5 heteroatoms. The van der Waals surface area contributed by atoms with Gasteiger partial charge in [-0.2, -0.15) is 0 Å². The van der Waals surface area contributed by atoms with E-state index in [0.717, 1.165) is 38.0 Å². The molecule has 4 nitrogen and oxygen atoms in total. The molecule has 1 aromatic carbocycles. The molecule has 2 N–H and O–H groups in total. The van der Waals surface area contributed by atoms with Gasteiger partial charge in [-0.15, -0.1) is 0 Å². The van der Waals surface area contributed by atoms with Gasteiger partial charge in [-0.05, 0) is 43.7 Å². The zero-order valence-corrected chi connectivity index (χ0v) is 11.9. The van der Waals surface area contributed by atoms with Gasteiger partial charge in [0.25, 0.3) is 0 Å². The molecule has 1 rings (SSSR count). The molecule has 0 heterocycles. The molecule has 0 unspecified atom stereocenters. The van der Waals surface area contributed by atoms with E-state index in [1.165, 1.54) is 6.26 Å². The molecule has 0 bridgehead atoms. The van der Waals surface area contributed by atoms with E-state index in [2.05, 4.69) is 4.90 Å². The van der Waals surface area contributed by atoms with Crippen LogP contribution < -0.4 is 10.6 Å². The van der Waals surface area contributed by atoms with Gasteiger partial charge >= 0.3 is 0 Å². The number of nitrogens with two attached hydrogens (primary N) is 1. The van der Waals surface area contributed by atoms with E-state index in [-0.39, 0.29) is 0 Å². The third kappa shape index (κ3) is 4.66. The van der Waals surface area contributed by atoms with Crippen LogP contribution >= 0.6 is 0 Å². The monoisotopic (exact) mass is 270 g/mol. The van der Waals surface area contributed by atoms with Crippen LogP contribution in [-0.4, -0.2) is 34.8 Å². The molecule has 0 aromatic heterocycles. The Morgan fingerprint density at radius 2 is 1.72 bits per heavy atom. The molecule has 18 heavy (non-hydrogen) atoms. The summed E-state index contributed by atoms with van der Waals surface area (Å²) in [4.78, 5) is 2.49. The lowest BCUT2D eigenvalue weighted by Crippen LogP contribution is -2.18. The molecule has 0 saturated carbocycles. The molecule has 0 saturated heterocycles. The van der Waals surface area contributed by atoms with Crippen molar-refractivity contribution in [3.63, 3.8) is 0 Å². The van der Waals surface area contributed by atoms with Crippen LogP contribution in [0.1, 0.15) is 19.3 Å². The second kappa shape index (κ2) is 6.75. The van der Waals surface area contributed by atoms with Crippen LogP contribution in [0.25, 0.3) is 0 Å². The largest absolute Gasteiger partial charge is 0.375 e. The average Bonchev–Trinajstić information content (AvgIpc) is 2.33. The summed E-state index contributed by atoms with van der Waals surface area (Å²) < 4.78 is 22.7. The Morgan fingerprint density at radius 1 is 1.11 bits per heavy atom. The molecule has 0 aliphatic rings. The Bertz CT molecular complexity index is 454.